The molecule has 10 nitrogen and oxygen atoms in total. The number of rotatable bonds is 5. The SMILES string of the molecule is CC1CC(C(C)(C)C)C(OC(=O)C2=C(C#N)/C(=N\c3ccc(N(C(F)(F)F)C(F)(F)F)c4c3OCO4)n3nc(-c4ccc(C(C)(C)C)cc4)nc32)C(C(C)(C)C)C1. The van der Waals surface area contributed by atoms with Crippen molar-refractivity contribution in [1.29, 1.82) is 5.26 Å². The third-order valence-corrected chi connectivity index (χ3v) is 10.9. The summed E-state index contributed by atoms with van der Waals surface area (Å²) >= 11 is 0. The molecule has 1 fully saturated rings. The lowest BCUT2D eigenvalue weighted by Gasteiger charge is -2.50. The van der Waals surface area contributed by atoms with E-state index in [1.807, 2.05) is 30.3 Å². The maximum Gasteiger partial charge on any atom is 0.491 e. The van der Waals surface area contributed by atoms with Gasteiger partial charge in [-0.3, -0.25) is 0 Å². The van der Waals surface area contributed by atoms with Crippen LogP contribution in [0.1, 0.15) is 93.5 Å². The van der Waals surface area contributed by atoms with Crippen molar-refractivity contribution in [3.8, 4) is 29.0 Å². The van der Waals surface area contributed by atoms with Crippen molar-refractivity contribution in [3.63, 3.8) is 0 Å². The van der Waals surface area contributed by atoms with Crippen LogP contribution in [0.3, 0.4) is 0 Å². The molecule has 3 aliphatic rings. The third-order valence-electron chi connectivity index (χ3n) is 10.9. The average molecular weight is 801 g/mol. The smallest absolute Gasteiger partial charge is 0.458 e. The van der Waals surface area contributed by atoms with Gasteiger partial charge in [0.05, 0.1) is 5.69 Å². The summed E-state index contributed by atoms with van der Waals surface area (Å²) in [6, 6.07) is 10.9. The molecule has 1 aromatic heterocycles. The van der Waals surface area contributed by atoms with Gasteiger partial charge in [0.25, 0.3) is 0 Å². The molecule has 3 aromatic rings. The second-order valence-electron chi connectivity index (χ2n) is 18.1. The van der Waals surface area contributed by atoms with Gasteiger partial charge in [-0.25, -0.2) is 14.8 Å². The van der Waals surface area contributed by atoms with Gasteiger partial charge in [-0.1, -0.05) is 93.5 Å². The normalized spacial score (nSPS) is 22.1. The van der Waals surface area contributed by atoms with Crippen molar-refractivity contribution in [2.75, 3.05) is 11.7 Å². The first-order valence-corrected chi connectivity index (χ1v) is 18.6. The first-order chi connectivity index (χ1) is 26.2. The number of carbonyl (C=O) groups excluding carboxylic acids is 1. The molecule has 1 aliphatic carbocycles. The lowest BCUT2D eigenvalue weighted by molar-refractivity contribution is -0.227. The second-order valence-corrected chi connectivity index (χ2v) is 18.1. The molecule has 16 heteroatoms. The standard InChI is InChI=1S/C41H46F6N6O4/c1-21-17-25(38(5,6)7)30(26(18-21)39(8,9)10)57-36(54)29-24(19-48)34(52-35(29)50-33(51-52)22-11-13-23(14-12-22)37(2,3)4)49-27-15-16-28(32-31(27)55-20-56-32)53(40(42,43)44)41(45,46)47/h11-16,21,25-26,30H,17-18,20H2,1-10H3/b49-34+. The number of hydrogen-bond acceptors (Lipinski definition) is 9. The fourth-order valence-electron chi connectivity index (χ4n) is 7.91. The summed E-state index contributed by atoms with van der Waals surface area (Å²) in [7, 11) is 0. The molecular weight excluding hydrogens is 754 g/mol. The highest BCUT2D eigenvalue weighted by molar-refractivity contribution is 6.30. The largest absolute Gasteiger partial charge is 0.491 e. The molecule has 6 rings (SSSR count). The summed E-state index contributed by atoms with van der Waals surface area (Å²) in [4.78, 5) is 22.1. The van der Waals surface area contributed by atoms with Gasteiger partial charge in [0.2, 0.25) is 6.79 Å². The fourth-order valence-corrected chi connectivity index (χ4v) is 7.91. The Morgan fingerprint density at radius 2 is 1.44 bits per heavy atom. The number of nitrogens with zero attached hydrogens (tertiary/aromatic N) is 6. The Bertz CT molecular complexity index is 2120. The highest BCUT2D eigenvalue weighted by Crippen LogP contribution is 2.53. The van der Waals surface area contributed by atoms with Crippen LogP contribution in [0.4, 0.5) is 37.7 Å². The van der Waals surface area contributed by atoms with Gasteiger partial charge < -0.3 is 14.2 Å². The Morgan fingerprint density at radius 1 is 0.877 bits per heavy atom. The fraction of sp³-hybridized carbons (Fsp3) is 0.537. The van der Waals surface area contributed by atoms with E-state index in [1.165, 1.54) is 0 Å². The molecule has 0 N–H and O–H groups in total. The minimum absolute atomic E-state index is 0.0453. The van der Waals surface area contributed by atoms with Crippen LogP contribution >= 0.6 is 0 Å². The van der Waals surface area contributed by atoms with Gasteiger partial charge >= 0.3 is 18.6 Å². The summed E-state index contributed by atoms with van der Waals surface area (Å²) in [6.07, 6.45) is -10.7. The van der Waals surface area contributed by atoms with Gasteiger partial charge in [-0.05, 0) is 52.7 Å². The number of benzene rings is 2. The van der Waals surface area contributed by atoms with Crippen molar-refractivity contribution in [1.82, 2.24) is 14.8 Å². The van der Waals surface area contributed by atoms with Crippen LogP contribution in [-0.4, -0.2) is 52.1 Å². The number of nitriles is 1. The van der Waals surface area contributed by atoms with Gasteiger partial charge in [0.1, 0.15) is 29.0 Å². The molecule has 2 aliphatic heterocycles. The molecule has 0 bridgehead atoms. The number of fused-ring (bicyclic) bond motifs is 2. The number of halogens is 6. The summed E-state index contributed by atoms with van der Waals surface area (Å²) in [5, 5.41) is 15.3. The Balaban J connectivity index is 1.52. The van der Waals surface area contributed by atoms with Gasteiger partial charge in [0.15, 0.2) is 29.0 Å². The maximum absolute atomic E-state index is 14.6. The first-order valence-electron chi connectivity index (χ1n) is 18.6. The molecule has 2 atom stereocenters. The number of alkyl halides is 6. The lowest BCUT2D eigenvalue weighted by atomic mass is 9.59. The van der Waals surface area contributed by atoms with Crippen molar-refractivity contribution < 1.29 is 45.3 Å². The molecule has 0 spiro atoms. The quantitative estimate of drug-likeness (QED) is 0.142. The number of ether oxygens (including phenoxy) is 3. The number of allylic oxidation sites excluding steroid dienone is 1. The molecule has 2 unspecified atom stereocenters. The molecule has 57 heavy (non-hydrogen) atoms. The van der Waals surface area contributed by atoms with Crippen LogP contribution in [0.5, 0.6) is 11.5 Å². The number of anilines is 1. The minimum atomic E-state index is -5.87. The van der Waals surface area contributed by atoms with Crippen LogP contribution in [0, 0.1) is 39.9 Å². The van der Waals surface area contributed by atoms with E-state index in [4.69, 9.17) is 19.2 Å². The zero-order valence-corrected chi connectivity index (χ0v) is 33.5. The number of aliphatic imine (C=N–C) groups is 1. The molecule has 1 saturated carbocycles. The number of esters is 1. The first kappa shape index (κ1) is 41.6. The van der Waals surface area contributed by atoms with Crippen molar-refractivity contribution >= 4 is 28.8 Å². The molecule has 3 heterocycles. The summed E-state index contributed by atoms with van der Waals surface area (Å²) in [6.45, 7) is 20.3. The topological polar surface area (TPSA) is 115 Å². The molecule has 0 radical (unpaired) electrons. The van der Waals surface area contributed by atoms with E-state index in [0.717, 1.165) is 29.2 Å². The minimum Gasteiger partial charge on any atom is -0.458 e. The molecular formula is C41H46F6N6O4. The Hall–Kier alpha value is -5.07. The third kappa shape index (κ3) is 7.94. The average Bonchev–Trinajstić information content (AvgIpc) is 3.79. The van der Waals surface area contributed by atoms with Crippen molar-refractivity contribution in [2.24, 2.45) is 33.6 Å². The Labute approximate surface area is 327 Å². The number of hydrogen-bond donors (Lipinski definition) is 0. The monoisotopic (exact) mass is 800 g/mol. The Kier molecular flexibility index (Phi) is 10.3. The zero-order valence-electron chi connectivity index (χ0n) is 33.5. The van der Waals surface area contributed by atoms with Crippen LogP contribution in [-0.2, 0) is 14.9 Å². The van der Waals surface area contributed by atoms with Gasteiger partial charge in [-0.15, -0.1) is 31.4 Å². The van der Waals surface area contributed by atoms with Crippen LogP contribution in [0.2, 0.25) is 0 Å². The predicted molar refractivity (Wildman–Crippen MR) is 201 cm³/mol. The van der Waals surface area contributed by atoms with Crippen LogP contribution in [0.15, 0.2) is 47.0 Å². The van der Waals surface area contributed by atoms with Crippen molar-refractivity contribution in [3.05, 3.63) is 53.4 Å². The highest BCUT2D eigenvalue weighted by atomic mass is 19.4. The summed E-state index contributed by atoms with van der Waals surface area (Å²) in [5.74, 6) is -2.14. The highest BCUT2D eigenvalue weighted by Gasteiger charge is 2.56. The Morgan fingerprint density at radius 3 is 1.95 bits per heavy atom. The summed E-state index contributed by atoms with van der Waals surface area (Å²) in [5.41, 5.74) is -1.26. The zero-order chi connectivity index (χ0) is 42.2. The second kappa shape index (κ2) is 14.1. The molecule has 306 valence electrons. The predicted octanol–water partition coefficient (Wildman–Crippen LogP) is 10.4. The van der Waals surface area contributed by atoms with Gasteiger partial charge in [0, 0.05) is 17.4 Å². The molecule has 0 saturated heterocycles. The van der Waals surface area contributed by atoms with Gasteiger partial charge in [-0.2, -0.15) is 14.8 Å². The van der Waals surface area contributed by atoms with E-state index >= 15 is 0 Å². The molecule has 0 amide bonds. The van der Waals surface area contributed by atoms with E-state index in [2.05, 4.69) is 79.3 Å². The molecule has 2 aromatic carbocycles. The summed E-state index contributed by atoms with van der Waals surface area (Å²) < 4.78 is 101. The number of carbonyl (C=O) groups is 1. The van der Waals surface area contributed by atoms with E-state index in [9.17, 15) is 36.4 Å². The van der Waals surface area contributed by atoms with Crippen molar-refractivity contribution in [2.45, 2.75) is 106 Å². The van der Waals surface area contributed by atoms with E-state index < -0.39 is 53.6 Å². The van der Waals surface area contributed by atoms with E-state index in [-0.39, 0.29) is 62.4 Å². The van der Waals surface area contributed by atoms with E-state index in [0.29, 0.717) is 17.5 Å². The van der Waals surface area contributed by atoms with E-state index in [1.54, 1.807) is 0 Å². The van der Waals surface area contributed by atoms with Crippen LogP contribution in [0.25, 0.3) is 17.0 Å². The number of aromatic nitrogens is 3. The van der Waals surface area contributed by atoms with Crippen LogP contribution < -0.4 is 14.4 Å². The lowest BCUT2D eigenvalue weighted by Crippen LogP contribution is -2.49. The maximum atomic E-state index is 14.6.